The summed E-state index contributed by atoms with van der Waals surface area (Å²) in [6.07, 6.45) is 4.08. The molecule has 0 spiro atoms. The van der Waals surface area contributed by atoms with Crippen molar-refractivity contribution in [1.29, 1.82) is 0 Å². The molecule has 1 aromatic heterocycles. The lowest BCUT2D eigenvalue weighted by Gasteiger charge is -2.09. The molecule has 0 saturated carbocycles. The molecule has 0 aliphatic heterocycles. The number of carbonyl (C=O) groups is 1. The molecule has 4 aromatic carbocycles. The van der Waals surface area contributed by atoms with E-state index in [9.17, 15) is 4.79 Å². The summed E-state index contributed by atoms with van der Waals surface area (Å²) in [6, 6.07) is 29.1. The van der Waals surface area contributed by atoms with Crippen LogP contribution >= 0.6 is 0 Å². The van der Waals surface area contributed by atoms with E-state index < -0.39 is 5.97 Å². The van der Waals surface area contributed by atoms with Crippen LogP contribution in [0.3, 0.4) is 0 Å². The van der Waals surface area contributed by atoms with Crippen LogP contribution in [0.25, 0.3) is 33.9 Å². The first kappa shape index (κ1) is 19.6. The van der Waals surface area contributed by atoms with E-state index in [-0.39, 0.29) is 5.76 Å². The minimum Gasteiger partial charge on any atom is -0.493 e. The molecule has 156 valence electrons. The zero-order valence-corrected chi connectivity index (χ0v) is 17.4. The largest absolute Gasteiger partial charge is 0.493 e. The molecule has 5 rings (SSSR count). The van der Waals surface area contributed by atoms with E-state index in [0.717, 1.165) is 16.5 Å². The Balaban J connectivity index is 1.38. The molecular formula is C28H20O4. The first-order valence-electron chi connectivity index (χ1n) is 10.3. The Morgan fingerprint density at radius 1 is 0.781 bits per heavy atom. The molecule has 4 heteroatoms. The molecule has 0 amide bonds. The molecule has 5 aromatic rings. The first-order valence-corrected chi connectivity index (χ1v) is 10.3. The summed E-state index contributed by atoms with van der Waals surface area (Å²) >= 11 is 0. The number of furan rings is 1. The Kier molecular flexibility index (Phi) is 5.18. The van der Waals surface area contributed by atoms with Gasteiger partial charge in [-0.05, 0) is 46.2 Å². The number of carbonyl (C=O) groups excluding carboxylic acids is 1. The average molecular weight is 420 g/mol. The standard InChI is InChI=1S/C28H20O4/c1-30-26-17-19(13-15-21-10-6-9-20-7-2-4-11-23(20)21)14-16-25(26)32-28(29)27-18-22-8-3-5-12-24(22)31-27/h2-18H,1H3. The second kappa shape index (κ2) is 8.44. The Hall–Kier alpha value is -4.31. The third-order valence-electron chi connectivity index (χ3n) is 5.30. The van der Waals surface area contributed by atoms with Crippen LogP contribution in [0.4, 0.5) is 0 Å². The molecule has 0 aliphatic carbocycles. The molecule has 4 nitrogen and oxygen atoms in total. The highest BCUT2D eigenvalue weighted by atomic mass is 16.6. The predicted octanol–water partition coefficient (Wildman–Crippen LogP) is 6.98. The monoisotopic (exact) mass is 420 g/mol. The molecule has 32 heavy (non-hydrogen) atoms. The maximum Gasteiger partial charge on any atom is 0.379 e. The fraction of sp³-hybridized carbons (Fsp3) is 0.0357. The highest BCUT2D eigenvalue weighted by Crippen LogP contribution is 2.31. The fourth-order valence-corrected chi connectivity index (χ4v) is 3.69. The second-order valence-corrected chi connectivity index (χ2v) is 7.35. The van der Waals surface area contributed by atoms with Crippen LogP contribution in [-0.2, 0) is 0 Å². The summed E-state index contributed by atoms with van der Waals surface area (Å²) in [4.78, 5) is 12.6. The summed E-state index contributed by atoms with van der Waals surface area (Å²) in [5, 5.41) is 3.23. The number of hydrogen-bond acceptors (Lipinski definition) is 4. The summed E-state index contributed by atoms with van der Waals surface area (Å²) in [5.74, 6) is 0.376. The van der Waals surface area contributed by atoms with Crippen LogP contribution in [0.15, 0.2) is 95.4 Å². The summed E-state index contributed by atoms with van der Waals surface area (Å²) in [6.45, 7) is 0. The van der Waals surface area contributed by atoms with E-state index in [4.69, 9.17) is 13.9 Å². The fourth-order valence-electron chi connectivity index (χ4n) is 3.69. The Morgan fingerprint density at radius 3 is 2.41 bits per heavy atom. The van der Waals surface area contributed by atoms with Crippen LogP contribution in [0.2, 0.25) is 0 Å². The van der Waals surface area contributed by atoms with Gasteiger partial charge in [0.25, 0.3) is 0 Å². The van der Waals surface area contributed by atoms with Crippen LogP contribution in [0.1, 0.15) is 21.7 Å². The lowest BCUT2D eigenvalue weighted by molar-refractivity contribution is 0.0699. The van der Waals surface area contributed by atoms with Crippen LogP contribution in [0.5, 0.6) is 11.5 Å². The molecule has 0 bridgehead atoms. The molecule has 0 aliphatic rings. The first-order chi connectivity index (χ1) is 15.7. The lowest BCUT2D eigenvalue weighted by atomic mass is 10.0. The third kappa shape index (κ3) is 3.86. The Morgan fingerprint density at radius 2 is 1.56 bits per heavy atom. The van der Waals surface area contributed by atoms with E-state index in [0.29, 0.717) is 17.1 Å². The number of rotatable bonds is 5. The van der Waals surface area contributed by atoms with Gasteiger partial charge in [0.05, 0.1) is 7.11 Å². The number of benzene rings is 4. The minimum atomic E-state index is -0.571. The van der Waals surface area contributed by atoms with Crippen molar-refractivity contribution in [3.8, 4) is 11.5 Å². The maximum atomic E-state index is 12.6. The number of para-hydroxylation sites is 1. The average Bonchev–Trinajstić information content (AvgIpc) is 3.28. The van der Waals surface area contributed by atoms with Crippen LogP contribution < -0.4 is 9.47 Å². The molecule has 0 fully saturated rings. The van der Waals surface area contributed by atoms with Gasteiger partial charge in [0, 0.05) is 5.39 Å². The van der Waals surface area contributed by atoms with Gasteiger partial charge in [0.15, 0.2) is 11.5 Å². The van der Waals surface area contributed by atoms with Crippen molar-refractivity contribution in [2.24, 2.45) is 0 Å². The van der Waals surface area contributed by atoms with E-state index in [1.165, 1.54) is 10.8 Å². The molecule has 0 N–H and O–H groups in total. The van der Waals surface area contributed by atoms with Crippen LogP contribution in [-0.4, -0.2) is 13.1 Å². The van der Waals surface area contributed by atoms with Crippen molar-refractivity contribution in [3.63, 3.8) is 0 Å². The van der Waals surface area contributed by atoms with E-state index in [1.807, 2.05) is 60.7 Å². The van der Waals surface area contributed by atoms with E-state index in [2.05, 4.69) is 30.3 Å². The highest BCUT2D eigenvalue weighted by molar-refractivity contribution is 5.94. The number of methoxy groups -OCH3 is 1. The molecule has 0 radical (unpaired) electrons. The van der Waals surface area contributed by atoms with Gasteiger partial charge >= 0.3 is 5.97 Å². The van der Waals surface area contributed by atoms with Crippen molar-refractivity contribution in [2.45, 2.75) is 0 Å². The van der Waals surface area contributed by atoms with Crippen LogP contribution in [0, 0.1) is 0 Å². The summed E-state index contributed by atoms with van der Waals surface area (Å²) in [5.41, 5.74) is 2.70. The smallest absolute Gasteiger partial charge is 0.379 e. The zero-order valence-electron chi connectivity index (χ0n) is 17.4. The van der Waals surface area contributed by atoms with Gasteiger partial charge in [-0.15, -0.1) is 0 Å². The van der Waals surface area contributed by atoms with Gasteiger partial charge in [-0.3, -0.25) is 0 Å². The van der Waals surface area contributed by atoms with Crippen molar-refractivity contribution in [1.82, 2.24) is 0 Å². The van der Waals surface area contributed by atoms with Gasteiger partial charge in [-0.1, -0.05) is 78.9 Å². The Bertz CT molecular complexity index is 1420. The zero-order chi connectivity index (χ0) is 21.9. The summed E-state index contributed by atoms with van der Waals surface area (Å²) in [7, 11) is 1.55. The molecule has 1 heterocycles. The van der Waals surface area contributed by atoms with E-state index in [1.54, 1.807) is 19.2 Å². The van der Waals surface area contributed by atoms with Gasteiger partial charge in [0.2, 0.25) is 5.76 Å². The normalized spacial score (nSPS) is 11.3. The number of hydrogen-bond donors (Lipinski definition) is 0. The van der Waals surface area contributed by atoms with Gasteiger partial charge in [-0.2, -0.15) is 0 Å². The highest BCUT2D eigenvalue weighted by Gasteiger charge is 2.17. The predicted molar refractivity (Wildman–Crippen MR) is 127 cm³/mol. The second-order valence-electron chi connectivity index (χ2n) is 7.35. The minimum absolute atomic E-state index is 0.146. The topological polar surface area (TPSA) is 48.7 Å². The van der Waals surface area contributed by atoms with Crippen molar-refractivity contribution >= 4 is 39.9 Å². The molecular weight excluding hydrogens is 400 g/mol. The molecule has 0 unspecified atom stereocenters. The number of fused-ring (bicyclic) bond motifs is 2. The third-order valence-corrected chi connectivity index (χ3v) is 5.30. The van der Waals surface area contributed by atoms with Crippen molar-refractivity contribution in [3.05, 3.63) is 108 Å². The van der Waals surface area contributed by atoms with E-state index >= 15 is 0 Å². The van der Waals surface area contributed by atoms with Gasteiger partial charge in [0.1, 0.15) is 5.58 Å². The SMILES string of the molecule is COc1cc(C=Cc2cccc3ccccc23)ccc1OC(=O)c1cc2ccccc2o1. The van der Waals surface area contributed by atoms with Gasteiger partial charge < -0.3 is 13.9 Å². The maximum absolute atomic E-state index is 12.6. The van der Waals surface area contributed by atoms with Crippen molar-refractivity contribution < 1.29 is 18.7 Å². The molecule has 0 saturated heterocycles. The summed E-state index contributed by atoms with van der Waals surface area (Å²) < 4.78 is 16.6. The number of ether oxygens (including phenoxy) is 2. The Labute approximate surface area is 185 Å². The molecule has 0 atom stereocenters. The quantitative estimate of drug-likeness (QED) is 0.175. The van der Waals surface area contributed by atoms with Crippen molar-refractivity contribution in [2.75, 3.05) is 7.11 Å². The van der Waals surface area contributed by atoms with Gasteiger partial charge in [-0.25, -0.2) is 4.79 Å². The lowest BCUT2D eigenvalue weighted by Crippen LogP contribution is -2.08. The number of esters is 1.